The second kappa shape index (κ2) is 8.13. The molecule has 0 bridgehead atoms. The number of H-pyrrole nitrogens is 1. The van der Waals surface area contributed by atoms with Crippen molar-refractivity contribution in [3.8, 4) is 0 Å². The summed E-state index contributed by atoms with van der Waals surface area (Å²) in [5, 5.41) is 7.59. The van der Waals surface area contributed by atoms with E-state index in [1.807, 2.05) is 20.8 Å². The van der Waals surface area contributed by atoms with Crippen LogP contribution in [0.2, 0.25) is 0 Å². The van der Waals surface area contributed by atoms with E-state index in [0.717, 1.165) is 42.5 Å². The molecule has 1 aliphatic heterocycles. The molecule has 1 saturated heterocycles. The first-order chi connectivity index (χ1) is 11.7. The minimum Gasteiger partial charge on any atom is -0.444 e. The molecule has 138 valence electrons. The molecule has 0 atom stereocenters. The van der Waals surface area contributed by atoms with E-state index in [1.54, 1.807) is 4.90 Å². The molecule has 0 aliphatic carbocycles. The number of likely N-dealkylation sites (tertiary alicyclic amines) is 1. The number of nitrogens with zero attached hydrogens (tertiary/aromatic N) is 1. The Kier molecular flexibility index (Phi) is 6.38. The Hall–Kier alpha value is -1.69. The molecule has 0 saturated carbocycles. The molecule has 0 radical (unpaired) electrons. The van der Waals surface area contributed by atoms with Crippen molar-refractivity contribution in [1.82, 2.24) is 9.88 Å². The first-order valence-electron chi connectivity index (χ1n) is 8.99. The number of carbonyl (C=O) groups is 1. The minimum atomic E-state index is -0.462. The van der Waals surface area contributed by atoms with Crippen LogP contribution in [0.3, 0.4) is 0 Å². The molecule has 0 spiro atoms. The van der Waals surface area contributed by atoms with Crippen LogP contribution in [0, 0.1) is 10.0 Å². The number of aromatic nitrogens is 1. The summed E-state index contributed by atoms with van der Waals surface area (Å²) >= 11 is 5.44. The summed E-state index contributed by atoms with van der Waals surface area (Å²) in [6, 6.07) is 2.16. The van der Waals surface area contributed by atoms with Gasteiger partial charge in [0.25, 0.3) is 0 Å². The van der Waals surface area contributed by atoms with Crippen LogP contribution in [0.1, 0.15) is 69.7 Å². The Morgan fingerprint density at radius 1 is 1.44 bits per heavy atom. The third-order valence-electron chi connectivity index (χ3n) is 4.43. The van der Waals surface area contributed by atoms with Crippen LogP contribution in [-0.2, 0) is 11.2 Å². The van der Waals surface area contributed by atoms with Crippen molar-refractivity contribution in [1.29, 1.82) is 5.41 Å². The molecule has 0 aromatic carbocycles. The summed E-state index contributed by atoms with van der Waals surface area (Å²) in [5.41, 5.74) is 2.64. The number of rotatable bonds is 4. The summed E-state index contributed by atoms with van der Waals surface area (Å²) in [6.45, 7) is 9.17. The highest BCUT2D eigenvalue weighted by Crippen LogP contribution is 2.29. The Labute approximate surface area is 155 Å². The van der Waals surface area contributed by atoms with Crippen molar-refractivity contribution >= 4 is 24.5 Å². The van der Waals surface area contributed by atoms with Crippen molar-refractivity contribution in [3.63, 3.8) is 0 Å². The van der Waals surface area contributed by atoms with Gasteiger partial charge in [0.05, 0.1) is 0 Å². The molecular weight excluding hydrogens is 334 g/mol. The molecule has 1 aromatic heterocycles. The van der Waals surface area contributed by atoms with Crippen LogP contribution in [-0.4, -0.2) is 40.9 Å². The number of hydrogen-bond donors (Lipinski definition) is 2. The highest BCUT2D eigenvalue weighted by atomic mass is 32.1. The van der Waals surface area contributed by atoms with Gasteiger partial charge in [0.15, 0.2) is 0 Å². The second-order valence-electron chi connectivity index (χ2n) is 7.63. The third kappa shape index (κ3) is 5.14. The molecular formula is C19H29N3O2S. The van der Waals surface area contributed by atoms with Gasteiger partial charge in [-0.2, -0.15) is 0 Å². The average Bonchev–Trinajstić information content (AvgIpc) is 2.53. The Morgan fingerprint density at radius 3 is 2.60 bits per heavy atom. The first kappa shape index (κ1) is 19.6. The largest absolute Gasteiger partial charge is 0.444 e. The predicted octanol–water partition coefficient (Wildman–Crippen LogP) is 4.81. The maximum absolute atomic E-state index is 12.2. The monoisotopic (exact) mass is 363 g/mol. The standard InChI is InChI=1S/C19H29N3O2S/c1-5-6-14-11-16(21-17(25)15(14)12-20)13-7-9-22(10-8-13)18(23)24-19(2,3)4/h11-13,20H,5-10H2,1-4H3,(H,21,25). The molecule has 1 fully saturated rings. The number of carbonyl (C=O) groups excluding carboxylic acids is 1. The second-order valence-corrected chi connectivity index (χ2v) is 8.04. The normalized spacial score (nSPS) is 15.9. The van der Waals surface area contributed by atoms with Gasteiger partial charge in [-0.1, -0.05) is 25.6 Å². The van der Waals surface area contributed by atoms with Crippen LogP contribution in [0.5, 0.6) is 0 Å². The quantitative estimate of drug-likeness (QED) is 0.596. The van der Waals surface area contributed by atoms with E-state index >= 15 is 0 Å². The molecule has 1 aliphatic rings. The van der Waals surface area contributed by atoms with Gasteiger partial charge in [0.1, 0.15) is 10.2 Å². The van der Waals surface area contributed by atoms with Gasteiger partial charge in [-0.3, -0.25) is 0 Å². The number of aromatic amines is 1. The maximum atomic E-state index is 12.2. The van der Waals surface area contributed by atoms with Crippen molar-refractivity contribution in [2.75, 3.05) is 13.1 Å². The molecule has 2 N–H and O–H groups in total. The Bertz CT molecular complexity index is 683. The topological polar surface area (TPSA) is 69.2 Å². The SMILES string of the molecule is CCCc1cc(C2CCN(C(=O)OC(C)(C)C)CC2)[nH]c(=S)c1C=N. The molecule has 2 rings (SSSR count). The number of nitrogens with one attached hydrogen (secondary N) is 2. The zero-order valence-electron chi connectivity index (χ0n) is 15.6. The fourth-order valence-corrected chi connectivity index (χ4v) is 3.51. The fourth-order valence-electron chi connectivity index (χ4n) is 3.20. The Morgan fingerprint density at radius 2 is 2.08 bits per heavy atom. The van der Waals surface area contributed by atoms with Gasteiger partial charge in [0, 0.05) is 36.5 Å². The Balaban J connectivity index is 2.09. The lowest BCUT2D eigenvalue weighted by molar-refractivity contribution is 0.0204. The predicted molar refractivity (Wildman–Crippen MR) is 103 cm³/mol. The summed E-state index contributed by atoms with van der Waals surface area (Å²) in [6.07, 6.45) is 4.84. The number of piperidine rings is 1. The van der Waals surface area contributed by atoms with Gasteiger partial charge >= 0.3 is 6.09 Å². The summed E-state index contributed by atoms with van der Waals surface area (Å²) in [4.78, 5) is 17.3. The smallest absolute Gasteiger partial charge is 0.410 e. The van der Waals surface area contributed by atoms with E-state index in [2.05, 4.69) is 18.0 Å². The molecule has 25 heavy (non-hydrogen) atoms. The van der Waals surface area contributed by atoms with E-state index in [0.29, 0.717) is 23.6 Å². The van der Waals surface area contributed by atoms with Gasteiger partial charge < -0.3 is 20.0 Å². The summed E-state index contributed by atoms with van der Waals surface area (Å²) in [7, 11) is 0. The van der Waals surface area contributed by atoms with Crippen molar-refractivity contribution < 1.29 is 9.53 Å². The van der Waals surface area contributed by atoms with E-state index in [1.165, 1.54) is 6.21 Å². The maximum Gasteiger partial charge on any atom is 0.410 e. The van der Waals surface area contributed by atoms with E-state index < -0.39 is 5.60 Å². The third-order valence-corrected chi connectivity index (χ3v) is 4.75. The van der Waals surface area contributed by atoms with Crippen molar-refractivity contribution in [3.05, 3.63) is 27.5 Å². The van der Waals surface area contributed by atoms with Crippen LogP contribution in [0.25, 0.3) is 0 Å². The summed E-state index contributed by atoms with van der Waals surface area (Å²) < 4.78 is 6.10. The molecule has 0 unspecified atom stereocenters. The van der Waals surface area contributed by atoms with Crippen LogP contribution < -0.4 is 0 Å². The van der Waals surface area contributed by atoms with Gasteiger partial charge in [0.2, 0.25) is 0 Å². The molecule has 5 nitrogen and oxygen atoms in total. The van der Waals surface area contributed by atoms with Crippen LogP contribution >= 0.6 is 12.2 Å². The fraction of sp³-hybridized carbons (Fsp3) is 0.632. The highest BCUT2D eigenvalue weighted by Gasteiger charge is 2.28. The van der Waals surface area contributed by atoms with E-state index in [9.17, 15) is 4.79 Å². The minimum absolute atomic E-state index is 0.232. The lowest BCUT2D eigenvalue weighted by Crippen LogP contribution is -2.41. The number of amides is 1. The summed E-state index contributed by atoms with van der Waals surface area (Å²) in [5.74, 6) is 0.357. The number of hydrogen-bond acceptors (Lipinski definition) is 4. The first-order valence-corrected chi connectivity index (χ1v) is 9.40. The number of ether oxygens (including phenoxy) is 1. The lowest BCUT2D eigenvalue weighted by atomic mass is 9.91. The van der Waals surface area contributed by atoms with Gasteiger partial charge in [-0.25, -0.2) is 4.79 Å². The van der Waals surface area contributed by atoms with Crippen molar-refractivity contribution in [2.24, 2.45) is 0 Å². The zero-order valence-corrected chi connectivity index (χ0v) is 16.5. The number of aryl methyl sites for hydroxylation is 1. The number of pyridine rings is 1. The van der Waals surface area contributed by atoms with E-state index in [4.69, 9.17) is 22.4 Å². The highest BCUT2D eigenvalue weighted by molar-refractivity contribution is 7.71. The van der Waals surface area contributed by atoms with Crippen LogP contribution in [0.15, 0.2) is 6.07 Å². The van der Waals surface area contributed by atoms with E-state index in [-0.39, 0.29) is 6.09 Å². The zero-order chi connectivity index (χ0) is 18.6. The average molecular weight is 364 g/mol. The molecule has 1 amide bonds. The lowest BCUT2D eigenvalue weighted by Gasteiger charge is -2.33. The van der Waals surface area contributed by atoms with Crippen LogP contribution in [0.4, 0.5) is 4.79 Å². The van der Waals surface area contributed by atoms with Gasteiger partial charge in [-0.15, -0.1) is 0 Å². The van der Waals surface area contributed by atoms with Crippen molar-refractivity contribution in [2.45, 2.75) is 64.9 Å². The molecule has 1 aromatic rings. The molecule has 2 heterocycles. The van der Waals surface area contributed by atoms with Gasteiger partial charge in [-0.05, 0) is 51.7 Å². The molecule has 6 heteroatoms.